The lowest BCUT2D eigenvalue weighted by Gasteiger charge is -2.09. The number of anilines is 2. The molecule has 104 valence electrons. The molecule has 7 nitrogen and oxygen atoms in total. The number of hydrogen-bond donors (Lipinski definition) is 2. The van der Waals surface area contributed by atoms with Crippen LogP contribution in [0.2, 0.25) is 0 Å². The number of hydrogen-bond acceptors (Lipinski definition) is 6. The summed E-state index contributed by atoms with van der Waals surface area (Å²) in [5, 5.41) is 17.3. The second-order valence-electron chi connectivity index (χ2n) is 4.76. The SMILES string of the molecule is CCCNc1ncnc(NC2CC2CC)c1[N+](=O)[O-]. The number of aromatic nitrogens is 2. The summed E-state index contributed by atoms with van der Waals surface area (Å²) in [6.45, 7) is 4.77. The summed E-state index contributed by atoms with van der Waals surface area (Å²) < 4.78 is 0. The zero-order valence-corrected chi connectivity index (χ0v) is 11.2. The summed E-state index contributed by atoms with van der Waals surface area (Å²) in [6, 6.07) is 0.303. The van der Waals surface area contributed by atoms with Gasteiger partial charge in [-0.05, 0) is 18.8 Å². The molecule has 2 rings (SSSR count). The molecule has 0 aromatic carbocycles. The molecule has 1 aromatic heterocycles. The van der Waals surface area contributed by atoms with Crippen molar-refractivity contribution in [2.24, 2.45) is 5.92 Å². The molecule has 1 saturated carbocycles. The van der Waals surface area contributed by atoms with Gasteiger partial charge in [-0.3, -0.25) is 10.1 Å². The quantitative estimate of drug-likeness (QED) is 0.581. The molecule has 1 aromatic rings. The van der Waals surface area contributed by atoms with Gasteiger partial charge >= 0.3 is 5.69 Å². The van der Waals surface area contributed by atoms with E-state index in [9.17, 15) is 10.1 Å². The molecule has 1 aliphatic carbocycles. The molecule has 1 fully saturated rings. The van der Waals surface area contributed by atoms with E-state index >= 15 is 0 Å². The summed E-state index contributed by atoms with van der Waals surface area (Å²) in [7, 11) is 0. The van der Waals surface area contributed by atoms with Gasteiger partial charge in [0, 0.05) is 12.6 Å². The first kappa shape index (κ1) is 13.5. The van der Waals surface area contributed by atoms with Crippen molar-refractivity contribution in [3.8, 4) is 0 Å². The molecule has 0 spiro atoms. The topological polar surface area (TPSA) is 93.0 Å². The van der Waals surface area contributed by atoms with Crippen LogP contribution in [0, 0.1) is 16.0 Å². The number of nitro groups is 1. The molecular formula is C12H19N5O2. The van der Waals surface area contributed by atoms with Crippen molar-refractivity contribution in [3.05, 3.63) is 16.4 Å². The lowest BCUT2D eigenvalue weighted by atomic mass is 10.3. The van der Waals surface area contributed by atoms with Crippen LogP contribution in [0.5, 0.6) is 0 Å². The number of rotatable bonds is 7. The highest BCUT2D eigenvalue weighted by atomic mass is 16.6. The standard InChI is InChI=1S/C12H19N5O2/c1-3-5-13-11-10(17(18)19)12(15-7-14-11)16-9-6-8(9)4-2/h7-9H,3-6H2,1-2H3,(H2,13,14,15,16). The fraction of sp³-hybridized carbons (Fsp3) is 0.667. The third-order valence-corrected chi connectivity index (χ3v) is 3.32. The summed E-state index contributed by atoms with van der Waals surface area (Å²) in [6.07, 6.45) is 4.37. The fourth-order valence-electron chi connectivity index (χ4n) is 2.08. The zero-order chi connectivity index (χ0) is 13.8. The summed E-state index contributed by atoms with van der Waals surface area (Å²) in [5.74, 6) is 1.21. The lowest BCUT2D eigenvalue weighted by molar-refractivity contribution is -0.383. The van der Waals surface area contributed by atoms with E-state index < -0.39 is 4.92 Å². The second kappa shape index (κ2) is 5.81. The molecule has 2 N–H and O–H groups in total. The average molecular weight is 265 g/mol. The first-order chi connectivity index (χ1) is 9.17. The van der Waals surface area contributed by atoms with Crippen molar-refractivity contribution in [2.45, 2.75) is 39.2 Å². The smallest absolute Gasteiger partial charge is 0.353 e. The third kappa shape index (κ3) is 3.10. The molecule has 2 atom stereocenters. The highest BCUT2D eigenvalue weighted by Crippen LogP contribution is 2.38. The Balaban J connectivity index is 2.19. The van der Waals surface area contributed by atoms with E-state index in [2.05, 4.69) is 27.5 Å². The molecule has 1 aliphatic rings. The van der Waals surface area contributed by atoms with E-state index in [1.807, 2.05) is 6.92 Å². The van der Waals surface area contributed by atoms with E-state index in [4.69, 9.17) is 0 Å². The van der Waals surface area contributed by atoms with E-state index in [0.29, 0.717) is 24.3 Å². The van der Waals surface area contributed by atoms with Crippen molar-refractivity contribution in [2.75, 3.05) is 17.2 Å². The number of nitrogens with one attached hydrogen (secondary N) is 2. The third-order valence-electron chi connectivity index (χ3n) is 3.32. The maximum absolute atomic E-state index is 11.2. The summed E-state index contributed by atoms with van der Waals surface area (Å²) in [5.41, 5.74) is -0.0577. The molecule has 1 heterocycles. The Hall–Kier alpha value is -1.92. The molecular weight excluding hydrogens is 246 g/mol. The average Bonchev–Trinajstić information content (AvgIpc) is 3.14. The first-order valence-electron chi connectivity index (χ1n) is 6.67. The van der Waals surface area contributed by atoms with Crippen LogP contribution in [0.4, 0.5) is 17.3 Å². The molecule has 7 heteroatoms. The molecule has 2 unspecified atom stereocenters. The van der Waals surface area contributed by atoms with Crippen LogP contribution < -0.4 is 10.6 Å². The second-order valence-corrected chi connectivity index (χ2v) is 4.76. The van der Waals surface area contributed by atoms with Crippen LogP contribution in [0.1, 0.15) is 33.1 Å². The van der Waals surface area contributed by atoms with Gasteiger partial charge in [0.15, 0.2) is 0 Å². The Morgan fingerprint density at radius 2 is 2.16 bits per heavy atom. The fourth-order valence-corrected chi connectivity index (χ4v) is 2.08. The van der Waals surface area contributed by atoms with Gasteiger partial charge in [-0.25, -0.2) is 9.97 Å². The first-order valence-corrected chi connectivity index (χ1v) is 6.67. The highest BCUT2D eigenvalue weighted by Gasteiger charge is 2.37. The van der Waals surface area contributed by atoms with E-state index in [-0.39, 0.29) is 11.5 Å². The monoisotopic (exact) mass is 265 g/mol. The van der Waals surface area contributed by atoms with Crippen molar-refractivity contribution in [1.82, 2.24) is 9.97 Å². The van der Waals surface area contributed by atoms with Gasteiger partial charge in [-0.1, -0.05) is 20.3 Å². The zero-order valence-electron chi connectivity index (χ0n) is 11.2. The van der Waals surface area contributed by atoms with E-state index in [0.717, 1.165) is 19.3 Å². The molecule has 0 radical (unpaired) electrons. The van der Waals surface area contributed by atoms with E-state index in [1.165, 1.54) is 6.33 Å². The minimum atomic E-state index is -0.427. The minimum Gasteiger partial charge on any atom is -0.364 e. The van der Waals surface area contributed by atoms with Crippen LogP contribution in [0.3, 0.4) is 0 Å². The van der Waals surface area contributed by atoms with Gasteiger partial charge < -0.3 is 10.6 Å². The molecule has 0 amide bonds. The Bertz CT molecular complexity index is 465. The molecule has 19 heavy (non-hydrogen) atoms. The van der Waals surface area contributed by atoms with Gasteiger partial charge in [0.2, 0.25) is 11.6 Å². The predicted octanol–water partition coefficient (Wildman–Crippen LogP) is 2.42. The van der Waals surface area contributed by atoms with Crippen LogP contribution in [0.15, 0.2) is 6.33 Å². The summed E-state index contributed by atoms with van der Waals surface area (Å²) in [4.78, 5) is 18.8. The summed E-state index contributed by atoms with van der Waals surface area (Å²) >= 11 is 0. The highest BCUT2D eigenvalue weighted by molar-refractivity contribution is 5.69. The van der Waals surface area contributed by atoms with E-state index in [1.54, 1.807) is 0 Å². The Morgan fingerprint density at radius 3 is 2.74 bits per heavy atom. The maximum Gasteiger partial charge on any atom is 0.353 e. The lowest BCUT2D eigenvalue weighted by Crippen LogP contribution is -2.12. The van der Waals surface area contributed by atoms with Crippen molar-refractivity contribution in [3.63, 3.8) is 0 Å². The van der Waals surface area contributed by atoms with Gasteiger partial charge in [0.05, 0.1) is 4.92 Å². The van der Waals surface area contributed by atoms with Crippen molar-refractivity contribution < 1.29 is 4.92 Å². The Kier molecular flexibility index (Phi) is 4.13. The largest absolute Gasteiger partial charge is 0.364 e. The van der Waals surface area contributed by atoms with Gasteiger partial charge in [-0.2, -0.15) is 0 Å². The Morgan fingerprint density at radius 1 is 1.42 bits per heavy atom. The minimum absolute atomic E-state index is 0.0577. The van der Waals surface area contributed by atoms with Gasteiger partial charge in [-0.15, -0.1) is 0 Å². The molecule has 0 bridgehead atoms. The molecule has 0 saturated heterocycles. The van der Waals surface area contributed by atoms with Crippen molar-refractivity contribution in [1.29, 1.82) is 0 Å². The Labute approximate surface area is 112 Å². The van der Waals surface area contributed by atoms with Gasteiger partial charge in [0.1, 0.15) is 6.33 Å². The normalized spacial score (nSPS) is 20.9. The van der Waals surface area contributed by atoms with Crippen LogP contribution in [0.25, 0.3) is 0 Å². The maximum atomic E-state index is 11.2. The van der Waals surface area contributed by atoms with Crippen LogP contribution >= 0.6 is 0 Å². The van der Waals surface area contributed by atoms with Crippen LogP contribution in [-0.2, 0) is 0 Å². The predicted molar refractivity (Wildman–Crippen MR) is 73.3 cm³/mol. The van der Waals surface area contributed by atoms with Crippen molar-refractivity contribution >= 4 is 17.3 Å². The van der Waals surface area contributed by atoms with Gasteiger partial charge in [0.25, 0.3) is 0 Å². The van der Waals surface area contributed by atoms with Crippen LogP contribution in [-0.4, -0.2) is 27.5 Å². The molecule has 0 aliphatic heterocycles. The number of nitrogens with zero attached hydrogens (tertiary/aromatic N) is 3.